The molecule has 0 heterocycles. The van der Waals surface area contributed by atoms with E-state index >= 15 is 0 Å². The smallest absolute Gasteiger partial charge is 0.266 e. The van der Waals surface area contributed by atoms with Gasteiger partial charge in [-0.3, -0.25) is 4.79 Å². The van der Waals surface area contributed by atoms with Gasteiger partial charge in [-0.05, 0) is 89.4 Å². The second-order valence-corrected chi connectivity index (χ2v) is 9.48. The van der Waals surface area contributed by atoms with Gasteiger partial charge in [0, 0.05) is 21.3 Å². The van der Waals surface area contributed by atoms with E-state index in [0.717, 1.165) is 12.0 Å². The summed E-state index contributed by atoms with van der Waals surface area (Å²) < 4.78 is 17.9. The number of nitriles is 1. The van der Waals surface area contributed by atoms with Crippen molar-refractivity contribution in [1.29, 1.82) is 5.26 Å². The summed E-state index contributed by atoms with van der Waals surface area (Å²) in [7, 11) is 0. The maximum Gasteiger partial charge on any atom is 0.266 e. The van der Waals surface area contributed by atoms with E-state index in [1.165, 1.54) is 6.08 Å². The number of benzene rings is 3. The second-order valence-electron chi connectivity index (χ2n) is 7.78. The summed E-state index contributed by atoms with van der Waals surface area (Å²) in [4.78, 5) is 12.8. The molecule has 0 aromatic heterocycles. The summed E-state index contributed by atoms with van der Waals surface area (Å²) in [6.07, 6.45) is 2.35. The zero-order valence-electron chi connectivity index (χ0n) is 20.3. The van der Waals surface area contributed by atoms with Crippen LogP contribution < -0.4 is 19.5 Å². The van der Waals surface area contributed by atoms with Crippen LogP contribution in [0.4, 0.5) is 5.69 Å². The zero-order valence-corrected chi connectivity index (χ0v) is 23.4. The van der Waals surface area contributed by atoms with Gasteiger partial charge in [-0.25, -0.2) is 0 Å². The SMILES string of the molecule is CCCOc1c(Br)cc(/C=C(\C#N)C(=O)Nc2ccc(OCc3ccc(Cl)cc3Cl)cc2)cc1OCC. The minimum atomic E-state index is -0.537. The van der Waals surface area contributed by atoms with E-state index in [1.807, 2.05) is 19.9 Å². The number of nitrogens with zero attached hydrogens (tertiary/aromatic N) is 1. The number of amides is 1. The van der Waals surface area contributed by atoms with E-state index in [-0.39, 0.29) is 12.2 Å². The fourth-order valence-electron chi connectivity index (χ4n) is 3.23. The third-order valence-electron chi connectivity index (χ3n) is 4.98. The monoisotopic (exact) mass is 602 g/mol. The molecule has 0 radical (unpaired) electrons. The van der Waals surface area contributed by atoms with Crippen molar-refractivity contribution in [3.63, 3.8) is 0 Å². The highest BCUT2D eigenvalue weighted by atomic mass is 79.9. The van der Waals surface area contributed by atoms with Crippen molar-refractivity contribution in [1.82, 2.24) is 0 Å². The Morgan fingerprint density at radius 3 is 2.46 bits per heavy atom. The fraction of sp³-hybridized carbons (Fsp3) is 0.214. The van der Waals surface area contributed by atoms with Crippen LogP contribution in [0.15, 0.2) is 64.6 Å². The molecule has 3 aromatic rings. The average molecular weight is 604 g/mol. The summed E-state index contributed by atoms with van der Waals surface area (Å²) in [5, 5.41) is 13.4. The highest BCUT2D eigenvalue weighted by Gasteiger charge is 2.14. The van der Waals surface area contributed by atoms with Crippen molar-refractivity contribution in [2.75, 3.05) is 18.5 Å². The van der Waals surface area contributed by atoms with Crippen LogP contribution in [-0.4, -0.2) is 19.1 Å². The molecule has 0 bridgehead atoms. The third kappa shape index (κ3) is 8.16. The van der Waals surface area contributed by atoms with Crippen LogP contribution in [0.3, 0.4) is 0 Å². The molecule has 3 rings (SSSR count). The molecule has 0 saturated carbocycles. The van der Waals surface area contributed by atoms with Gasteiger partial charge in [0.05, 0.1) is 17.7 Å². The number of hydrogen-bond donors (Lipinski definition) is 1. The van der Waals surface area contributed by atoms with Gasteiger partial charge in [-0.2, -0.15) is 5.26 Å². The van der Waals surface area contributed by atoms with E-state index in [9.17, 15) is 10.1 Å². The Balaban J connectivity index is 1.69. The molecule has 0 aliphatic carbocycles. The van der Waals surface area contributed by atoms with Gasteiger partial charge in [0.15, 0.2) is 11.5 Å². The number of nitrogens with one attached hydrogen (secondary N) is 1. The zero-order chi connectivity index (χ0) is 26.8. The first-order valence-electron chi connectivity index (χ1n) is 11.5. The van der Waals surface area contributed by atoms with E-state index in [4.69, 9.17) is 37.4 Å². The number of carbonyl (C=O) groups excluding carboxylic acids is 1. The van der Waals surface area contributed by atoms with Crippen molar-refractivity contribution < 1.29 is 19.0 Å². The minimum Gasteiger partial charge on any atom is -0.490 e. The van der Waals surface area contributed by atoms with Crippen LogP contribution in [-0.2, 0) is 11.4 Å². The van der Waals surface area contributed by atoms with Gasteiger partial charge in [-0.15, -0.1) is 0 Å². The van der Waals surface area contributed by atoms with Crippen molar-refractivity contribution in [2.24, 2.45) is 0 Å². The van der Waals surface area contributed by atoms with Gasteiger partial charge in [0.2, 0.25) is 0 Å². The summed E-state index contributed by atoms with van der Waals surface area (Å²) in [5.74, 6) is 1.18. The Morgan fingerprint density at radius 1 is 1.05 bits per heavy atom. The lowest BCUT2D eigenvalue weighted by Gasteiger charge is -2.14. The molecule has 6 nitrogen and oxygen atoms in total. The number of hydrogen-bond acceptors (Lipinski definition) is 5. The maximum absolute atomic E-state index is 12.8. The molecule has 192 valence electrons. The van der Waals surface area contributed by atoms with Crippen molar-refractivity contribution in [2.45, 2.75) is 26.9 Å². The molecule has 3 aromatic carbocycles. The van der Waals surface area contributed by atoms with Crippen LogP contribution in [0.1, 0.15) is 31.4 Å². The lowest BCUT2D eigenvalue weighted by molar-refractivity contribution is -0.112. The Kier molecular flexibility index (Phi) is 10.7. The van der Waals surface area contributed by atoms with E-state index < -0.39 is 5.91 Å². The Labute approximate surface area is 234 Å². The van der Waals surface area contributed by atoms with Crippen molar-refractivity contribution in [3.05, 3.63) is 85.8 Å². The lowest BCUT2D eigenvalue weighted by Crippen LogP contribution is -2.13. The van der Waals surface area contributed by atoms with Gasteiger partial charge in [0.1, 0.15) is 24.0 Å². The van der Waals surface area contributed by atoms with Crippen LogP contribution in [0, 0.1) is 11.3 Å². The topological polar surface area (TPSA) is 80.6 Å². The molecule has 1 N–H and O–H groups in total. The number of carbonyl (C=O) groups is 1. The average Bonchev–Trinajstić information content (AvgIpc) is 2.87. The van der Waals surface area contributed by atoms with Crippen molar-refractivity contribution >= 4 is 56.8 Å². The predicted molar refractivity (Wildman–Crippen MR) is 151 cm³/mol. The van der Waals surface area contributed by atoms with E-state index in [1.54, 1.807) is 54.6 Å². The molecule has 37 heavy (non-hydrogen) atoms. The largest absolute Gasteiger partial charge is 0.490 e. The number of ether oxygens (including phenoxy) is 3. The van der Waals surface area contributed by atoms with E-state index in [0.29, 0.717) is 56.2 Å². The first-order chi connectivity index (χ1) is 17.8. The summed E-state index contributed by atoms with van der Waals surface area (Å²) >= 11 is 15.6. The minimum absolute atomic E-state index is 0.0609. The van der Waals surface area contributed by atoms with Crippen molar-refractivity contribution in [3.8, 4) is 23.3 Å². The first-order valence-corrected chi connectivity index (χ1v) is 13.1. The first kappa shape index (κ1) is 28.4. The normalized spacial score (nSPS) is 11.0. The Hall–Kier alpha value is -3.18. The summed E-state index contributed by atoms with van der Waals surface area (Å²) in [6.45, 7) is 5.14. The standard InChI is InChI=1S/C28H25BrCl2N2O4/c1-3-11-36-27-24(29)13-18(14-26(27)35-4-2)12-20(16-32)28(34)33-22-7-9-23(10-8-22)37-17-19-5-6-21(30)15-25(19)31/h5-10,12-15H,3-4,11,17H2,1-2H3,(H,33,34)/b20-12+. The van der Waals surface area contributed by atoms with Gasteiger partial charge in [-0.1, -0.05) is 36.2 Å². The molecule has 0 saturated heterocycles. The molecule has 0 spiro atoms. The van der Waals surface area contributed by atoms with Gasteiger partial charge in [0.25, 0.3) is 5.91 Å². The highest BCUT2D eigenvalue weighted by molar-refractivity contribution is 9.10. The Bertz CT molecular complexity index is 1320. The lowest BCUT2D eigenvalue weighted by atomic mass is 10.1. The fourth-order valence-corrected chi connectivity index (χ4v) is 4.26. The molecule has 0 aliphatic rings. The number of halogens is 3. The number of rotatable bonds is 11. The van der Waals surface area contributed by atoms with Gasteiger partial charge < -0.3 is 19.5 Å². The summed E-state index contributed by atoms with van der Waals surface area (Å²) in [5.41, 5.74) is 1.88. The molecule has 9 heteroatoms. The molecular weight excluding hydrogens is 579 g/mol. The maximum atomic E-state index is 12.8. The highest BCUT2D eigenvalue weighted by Crippen LogP contribution is 2.37. The number of anilines is 1. The van der Waals surface area contributed by atoms with Crippen LogP contribution in [0.5, 0.6) is 17.2 Å². The van der Waals surface area contributed by atoms with Gasteiger partial charge >= 0.3 is 0 Å². The van der Waals surface area contributed by atoms with Crippen LogP contribution in [0.2, 0.25) is 10.0 Å². The quantitative estimate of drug-likeness (QED) is 0.177. The Morgan fingerprint density at radius 2 is 1.81 bits per heavy atom. The van der Waals surface area contributed by atoms with Crippen LogP contribution >= 0.6 is 39.1 Å². The molecule has 0 aliphatic heterocycles. The molecule has 0 atom stereocenters. The molecule has 0 fully saturated rings. The predicted octanol–water partition coefficient (Wildman–Crippen LogP) is 8.07. The van der Waals surface area contributed by atoms with E-state index in [2.05, 4.69) is 21.2 Å². The van der Waals surface area contributed by atoms with Crippen LogP contribution in [0.25, 0.3) is 6.08 Å². The third-order valence-corrected chi connectivity index (χ3v) is 6.16. The molecular formula is C28H25BrCl2N2O4. The second kappa shape index (κ2) is 13.9. The molecule has 1 amide bonds. The molecule has 0 unspecified atom stereocenters. The summed E-state index contributed by atoms with van der Waals surface area (Å²) in [6, 6.07) is 17.5.